The summed E-state index contributed by atoms with van der Waals surface area (Å²) in [7, 11) is -0.686. The molecule has 31 heavy (non-hydrogen) atoms. The summed E-state index contributed by atoms with van der Waals surface area (Å²) in [6.07, 6.45) is 7.17. The molecule has 0 saturated heterocycles. The summed E-state index contributed by atoms with van der Waals surface area (Å²) in [5.74, 6) is 0.454. The molecule has 3 aliphatic rings. The lowest BCUT2D eigenvalue weighted by Crippen LogP contribution is -2.41. The van der Waals surface area contributed by atoms with Crippen LogP contribution in [0.5, 0.6) is 0 Å². The zero-order valence-corrected chi connectivity index (χ0v) is 18.6. The quantitative estimate of drug-likeness (QED) is 0.744. The molecule has 2 aliphatic carbocycles. The average Bonchev–Trinajstić information content (AvgIpc) is 3.46. The second kappa shape index (κ2) is 7.52. The Morgan fingerprint density at radius 2 is 1.81 bits per heavy atom. The van der Waals surface area contributed by atoms with E-state index in [0.29, 0.717) is 18.9 Å². The number of rotatable bonds is 4. The van der Waals surface area contributed by atoms with Crippen LogP contribution in [0.2, 0.25) is 0 Å². The lowest BCUT2D eigenvalue weighted by Gasteiger charge is -2.31. The summed E-state index contributed by atoms with van der Waals surface area (Å²) in [5.41, 5.74) is 5.67. The van der Waals surface area contributed by atoms with Crippen molar-refractivity contribution in [1.82, 2.24) is 14.5 Å². The number of sulfonamides is 1. The van der Waals surface area contributed by atoms with Crippen molar-refractivity contribution in [3.8, 4) is 0 Å². The molecule has 0 spiro atoms. The number of ether oxygens (including phenoxy) is 1. The third kappa shape index (κ3) is 3.47. The van der Waals surface area contributed by atoms with Crippen LogP contribution in [0.1, 0.15) is 35.1 Å². The van der Waals surface area contributed by atoms with Gasteiger partial charge in [-0.2, -0.15) is 5.10 Å². The summed E-state index contributed by atoms with van der Waals surface area (Å²) in [6.45, 7) is 0.999. The molecule has 0 saturated carbocycles. The molecule has 10 heteroatoms. The average molecular weight is 446 g/mol. The van der Waals surface area contributed by atoms with Crippen LogP contribution in [0.4, 0.5) is 16.3 Å². The van der Waals surface area contributed by atoms with E-state index in [1.807, 2.05) is 0 Å². The van der Waals surface area contributed by atoms with Crippen LogP contribution < -0.4 is 14.9 Å². The molecule has 1 aromatic carbocycles. The van der Waals surface area contributed by atoms with Gasteiger partial charge >= 0.3 is 6.03 Å². The zero-order valence-electron chi connectivity index (χ0n) is 17.8. The number of urea groups is 1. The molecule has 9 nitrogen and oxygen atoms in total. The molecule has 0 radical (unpaired) electrons. The fraction of sp³-hybridized carbons (Fsp3) is 0.524. The van der Waals surface area contributed by atoms with Crippen LogP contribution in [-0.2, 0) is 47.0 Å². The third-order valence-corrected chi connectivity index (χ3v) is 7.88. The Morgan fingerprint density at radius 3 is 2.45 bits per heavy atom. The van der Waals surface area contributed by atoms with Crippen molar-refractivity contribution in [3.05, 3.63) is 34.5 Å². The van der Waals surface area contributed by atoms with Crippen molar-refractivity contribution < 1.29 is 17.9 Å². The molecular formula is C21H27N5O4S. The van der Waals surface area contributed by atoms with Gasteiger partial charge in [0, 0.05) is 26.4 Å². The first-order valence-electron chi connectivity index (χ1n) is 10.7. The molecule has 166 valence electrons. The Balaban J connectivity index is 1.40. The predicted octanol–water partition coefficient (Wildman–Crippen LogP) is 1.84. The molecule has 1 atom stereocenters. The molecule has 5 rings (SSSR count). The smallest absolute Gasteiger partial charge is 0.333 e. The molecule has 1 aromatic heterocycles. The Labute approximate surface area is 181 Å². The number of aromatic nitrogens is 2. The minimum Gasteiger partial charge on any atom is -0.378 e. The summed E-state index contributed by atoms with van der Waals surface area (Å²) in [4.78, 5) is 14.6. The van der Waals surface area contributed by atoms with Gasteiger partial charge in [-0.15, -0.1) is 0 Å². The summed E-state index contributed by atoms with van der Waals surface area (Å²) in [5, 5.41) is 7.08. The van der Waals surface area contributed by atoms with Crippen molar-refractivity contribution in [1.29, 1.82) is 0 Å². The lowest BCUT2D eigenvalue weighted by molar-refractivity contribution is 0.0834. The Morgan fingerprint density at radius 1 is 1.13 bits per heavy atom. The van der Waals surface area contributed by atoms with Gasteiger partial charge in [0.05, 0.1) is 18.8 Å². The number of nitrogens with zero attached hydrogens (tertiary/aromatic N) is 3. The Kier molecular flexibility index (Phi) is 4.93. The van der Waals surface area contributed by atoms with Crippen LogP contribution in [0.3, 0.4) is 0 Å². The fourth-order valence-electron chi connectivity index (χ4n) is 5.14. The molecule has 1 unspecified atom stereocenters. The van der Waals surface area contributed by atoms with Gasteiger partial charge in [-0.1, -0.05) is 6.07 Å². The molecule has 2 amide bonds. The van der Waals surface area contributed by atoms with Gasteiger partial charge < -0.3 is 15.0 Å². The molecule has 2 N–H and O–H groups in total. The monoisotopic (exact) mass is 445 g/mol. The van der Waals surface area contributed by atoms with E-state index < -0.39 is 16.1 Å². The highest BCUT2D eigenvalue weighted by atomic mass is 32.2. The maximum atomic E-state index is 13.0. The van der Waals surface area contributed by atoms with Gasteiger partial charge in [0.2, 0.25) is 0 Å². The molecule has 0 fully saturated rings. The number of nitrogens with one attached hydrogen (secondary N) is 2. The highest BCUT2D eigenvalue weighted by Crippen LogP contribution is 2.38. The second-order valence-electron chi connectivity index (χ2n) is 8.55. The summed E-state index contributed by atoms with van der Waals surface area (Å²) in [6, 6.07) is 1.54. The highest BCUT2D eigenvalue weighted by Gasteiger charge is 2.33. The van der Waals surface area contributed by atoms with E-state index >= 15 is 0 Å². The molecular weight excluding hydrogens is 418 g/mol. The maximum absolute atomic E-state index is 13.0. The van der Waals surface area contributed by atoms with Crippen LogP contribution >= 0.6 is 0 Å². The standard InChI is InChI=1S/C21H27N5O4S/c1-25-11-15(30-2)12-26-20(25)18(10-22-26)31(28,29)24-21(27)23-19-16-7-3-5-13(16)9-14-6-4-8-17(14)19/h9-10,15H,3-8,11-12H2,1-2H3,(H2,23,24,27). The first-order chi connectivity index (χ1) is 14.9. The van der Waals surface area contributed by atoms with Crippen molar-refractivity contribution in [2.45, 2.75) is 56.1 Å². The zero-order chi connectivity index (χ0) is 21.8. The first-order valence-corrected chi connectivity index (χ1v) is 12.2. The molecule has 1 aliphatic heterocycles. The number of methoxy groups -OCH3 is 1. The Hall–Kier alpha value is -2.59. The topological polar surface area (TPSA) is 106 Å². The summed E-state index contributed by atoms with van der Waals surface area (Å²) < 4.78 is 35.3. The van der Waals surface area contributed by atoms with E-state index in [1.54, 1.807) is 23.7 Å². The van der Waals surface area contributed by atoms with Gasteiger partial charge in [-0.25, -0.2) is 22.6 Å². The molecule has 2 aromatic rings. The van der Waals surface area contributed by atoms with Crippen molar-refractivity contribution in [2.24, 2.45) is 0 Å². The van der Waals surface area contributed by atoms with Crippen LogP contribution in [0, 0.1) is 0 Å². The number of hydrogen-bond acceptors (Lipinski definition) is 6. The van der Waals surface area contributed by atoms with Crippen molar-refractivity contribution in [3.63, 3.8) is 0 Å². The number of benzene rings is 1. The lowest BCUT2D eigenvalue weighted by atomic mass is 9.99. The van der Waals surface area contributed by atoms with E-state index in [4.69, 9.17) is 4.74 Å². The SMILES string of the molecule is COC1CN(C)c2c(S(=O)(=O)NC(=O)Nc3c4c(cc5c3CCC5)CCC4)cnn2C1. The number of anilines is 2. The predicted molar refractivity (Wildman–Crippen MR) is 116 cm³/mol. The van der Waals surface area contributed by atoms with E-state index in [9.17, 15) is 13.2 Å². The van der Waals surface area contributed by atoms with Gasteiger partial charge in [0.15, 0.2) is 0 Å². The number of carbonyl (C=O) groups excluding carboxylic acids is 1. The van der Waals surface area contributed by atoms with Crippen molar-refractivity contribution >= 4 is 27.6 Å². The highest BCUT2D eigenvalue weighted by molar-refractivity contribution is 7.90. The number of aryl methyl sites for hydroxylation is 2. The number of hydrogen-bond donors (Lipinski definition) is 2. The minimum absolute atomic E-state index is 0.0109. The van der Waals surface area contributed by atoms with Gasteiger partial charge in [0.1, 0.15) is 10.7 Å². The number of amides is 2. The number of carbonyl (C=O) groups is 1. The second-order valence-corrected chi connectivity index (χ2v) is 10.2. The Bertz CT molecular complexity index is 1120. The largest absolute Gasteiger partial charge is 0.378 e. The van der Waals surface area contributed by atoms with E-state index in [1.165, 1.54) is 17.3 Å². The van der Waals surface area contributed by atoms with E-state index in [0.717, 1.165) is 55.3 Å². The van der Waals surface area contributed by atoms with Crippen LogP contribution in [0.15, 0.2) is 17.2 Å². The van der Waals surface area contributed by atoms with E-state index in [-0.39, 0.29) is 11.0 Å². The van der Waals surface area contributed by atoms with Gasteiger partial charge in [-0.05, 0) is 60.8 Å². The first kappa shape index (κ1) is 20.3. The minimum atomic E-state index is -4.09. The van der Waals surface area contributed by atoms with Gasteiger partial charge in [-0.3, -0.25) is 0 Å². The number of likely N-dealkylation sites (N-methyl/N-ethyl adjacent to an activating group) is 1. The number of fused-ring (bicyclic) bond motifs is 3. The molecule has 0 bridgehead atoms. The normalized spacial score (nSPS) is 19.7. The van der Waals surface area contributed by atoms with E-state index in [2.05, 4.69) is 21.2 Å². The fourth-order valence-corrected chi connectivity index (χ4v) is 6.24. The van der Waals surface area contributed by atoms with Crippen LogP contribution in [-0.4, -0.2) is 51.0 Å². The van der Waals surface area contributed by atoms with Gasteiger partial charge in [0.25, 0.3) is 10.0 Å². The summed E-state index contributed by atoms with van der Waals surface area (Å²) >= 11 is 0. The van der Waals surface area contributed by atoms with Crippen LogP contribution in [0.25, 0.3) is 0 Å². The maximum Gasteiger partial charge on any atom is 0.333 e. The molecule has 2 heterocycles. The van der Waals surface area contributed by atoms with Crippen molar-refractivity contribution in [2.75, 3.05) is 30.9 Å². The third-order valence-electron chi connectivity index (χ3n) is 6.56.